The Morgan fingerprint density at radius 1 is 1.38 bits per heavy atom. The molecule has 16 heavy (non-hydrogen) atoms. The van der Waals surface area contributed by atoms with Crippen molar-refractivity contribution in [3.8, 4) is 0 Å². The molecule has 0 aromatic carbocycles. The van der Waals surface area contributed by atoms with Crippen molar-refractivity contribution < 1.29 is 22.0 Å². The van der Waals surface area contributed by atoms with Gasteiger partial charge >= 0.3 is 6.18 Å². The molecule has 1 aromatic rings. The summed E-state index contributed by atoms with van der Waals surface area (Å²) in [6.45, 7) is 0. The number of aromatic nitrogens is 1. The van der Waals surface area contributed by atoms with Crippen LogP contribution in [0.15, 0.2) is 6.07 Å². The highest BCUT2D eigenvalue weighted by Crippen LogP contribution is 2.38. The molecule has 0 unspecified atom stereocenters. The Kier molecular flexibility index (Phi) is 4.12. The molecule has 0 aliphatic rings. The lowest BCUT2D eigenvalue weighted by atomic mass is 10.1. The van der Waals surface area contributed by atoms with Gasteiger partial charge in [0.25, 0.3) is 6.43 Å². The van der Waals surface area contributed by atoms with Crippen molar-refractivity contribution in [3.05, 3.63) is 28.0 Å². The summed E-state index contributed by atoms with van der Waals surface area (Å²) in [5.41, 5.74) is -2.99. The lowest BCUT2D eigenvalue weighted by molar-refractivity contribution is -0.143. The maximum absolute atomic E-state index is 12.5. The minimum absolute atomic E-state index is 0.155. The molecule has 0 N–H and O–H groups in total. The largest absolute Gasteiger partial charge is 0.433 e. The van der Waals surface area contributed by atoms with Gasteiger partial charge in [0.05, 0.1) is 5.56 Å². The number of hydrogen-bond donors (Lipinski definition) is 0. The molecule has 0 saturated heterocycles. The second-order valence-corrected chi connectivity index (χ2v) is 3.75. The molecule has 8 heteroatoms. The average molecular weight is 324 g/mol. The fourth-order valence-electron chi connectivity index (χ4n) is 1.14. The fourth-order valence-corrected chi connectivity index (χ4v) is 1.82. The Morgan fingerprint density at radius 2 is 1.94 bits per heavy atom. The van der Waals surface area contributed by atoms with Gasteiger partial charge in [-0.3, -0.25) is 0 Å². The van der Waals surface area contributed by atoms with E-state index in [2.05, 4.69) is 20.9 Å². The molecule has 0 atom stereocenters. The number of halogens is 7. The number of pyridine rings is 1. The van der Waals surface area contributed by atoms with E-state index >= 15 is 0 Å². The molecule has 1 heterocycles. The second kappa shape index (κ2) is 4.83. The first-order chi connectivity index (χ1) is 7.27. The molecule has 0 spiro atoms. The third-order valence-electron chi connectivity index (χ3n) is 1.74. The summed E-state index contributed by atoms with van der Waals surface area (Å²) < 4.78 is 62.4. The first kappa shape index (κ1) is 13.6. The van der Waals surface area contributed by atoms with Gasteiger partial charge in [-0.1, -0.05) is 27.5 Å². The molecular weight excluding hydrogens is 320 g/mol. The van der Waals surface area contributed by atoms with E-state index in [-0.39, 0.29) is 10.9 Å². The summed E-state index contributed by atoms with van der Waals surface area (Å²) in [5, 5.41) is -0.621. The van der Waals surface area contributed by atoms with Gasteiger partial charge in [-0.15, -0.1) is 0 Å². The van der Waals surface area contributed by atoms with Gasteiger partial charge in [0.2, 0.25) is 0 Å². The molecule has 0 saturated carbocycles. The van der Waals surface area contributed by atoms with Crippen LogP contribution in [0.5, 0.6) is 0 Å². The molecule has 1 nitrogen and oxygen atoms in total. The predicted molar refractivity (Wildman–Crippen MR) is 51.8 cm³/mol. The van der Waals surface area contributed by atoms with Gasteiger partial charge in [-0.05, 0) is 11.6 Å². The van der Waals surface area contributed by atoms with Crippen LogP contribution in [-0.4, -0.2) is 4.98 Å². The number of alkyl halides is 6. The van der Waals surface area contributed by atoms with Gasteiger partial charge in [-0.25, -0.2) is 13.8 Å². The van der Waals surface area contributed by atoms with Crippen LogP contribution in [0.2, 0.25) is 5.15 Å². The molecule has 90 valence electrons. The maximum atomic E-state index is 12.5. The van der Waals surface area contributed by atoms with E-state index in [1.165, 1.54) is 0 Å². The van der Waals surface area contributed by atoms with Crippen molar-refractivity contribution in [3.63, 3.8) is 0 Å². The van der Waals surface area contributed by atoms with Crippen LogP contribution < -0.4 is 0 Å². The molecule has 0 aliphatic carbocycles. The van der Waals surface area contributed by atoms with Crippen LogP contribution in [0.1, 0.15) is 23.2 Å². The Morgan fingerprint density at radius 3 is 2.31 bits per heavy atom. The van der Waals surface area contributed by atoms with Crippen LogP contribution in [0, 0.1) is 0 Å². The normalized spacial score (nSPS) is 12.2. The van der Waals surface area contributed by atoms with Gasteiger partial charge in [0.15, 0.2) is 5.69 Å². The lowest BCUT2D eigenvalue weighted by Gasteiger charge is -2.14. The Bertz CT molecular complexity index is 393. The maximum Gasteiger partial charge on any atom is 0.433 e. The zero-order valence-corrected chi connectivity index (χ0v) is 9.80. The van der Waals surface area contributed by atoms with E-state index in [9.17, 15) is 22.0 Å². The van der Waals surface area contributed by atoms with Gasteiger partial charge in [-0.2, -0.15) is 13.2 Å². The first-order valence-corrected chi connectivity index (χ1v) is 5.38. The minimum atomic E-state index is -4.95. The SMILES string of the molecule is FC(F)c1c(CBr)cc(Cl)nc1C(F)(F)F. The third-order valence-corrected chi connectivity index (χ3v) is 2.54. The fraction of sp³-hybridized carbons (Fsp3) is 0.375. The van der Waals surface area contributed by atoms with E-state index in [4.69, 9.17) is 11.6 Å². The minimum Gasteiger partial charge on any atom is -0.231 e. The summed E-state index contributed by atoms with van der Waals surface area (Å²) in [5.74, 6) is 0. The van der Waals surface area contributed by atoms with Crippen LogP contribution in [0.25, 0.3) is 0 Å². The summed E-state index contributed by atoms with van der Waals surface area (Å²) in [6.07, 6.45) is -8.21. The Labute approximate surface area is 101 Å². The highest BCUT2D eigenvalue weighted by Gasteiger charge is 2.39. The topological polar surface area (TPSA) is 12.9 Å². The first-order valence-electron chi connectivity index (χ1n) is 3.88. The van der Waals surface area contributed by atoms with Crippen molar-refractivity contribution in [1.29, 1.82) is 0 Å². The van der Waals surface area contributed by atoms with Crippen LogP contribution in [0.4, 0.5) is 22.0 Å². The van der Waals surface area contributed by atoms with E-state index in [1.54, 1.807) is 0 Å². The van der Waals surface area contributed by atoms with Crippen molar-refractivity contribution >= 4 is 27.5 Å². The second-order valence-electron chi connectivity index (χ2n) is 2.80. The predicted octanol–water partition coefficient (Wildman–Crippen LogP) is 4.59. The van der Waals surface area contributed by atoms with Gasteiger partial charge < -0.3 is 0 Å². The highest BCUT2D eigenvalue weighted by atomic mass is 79.9. The standard InChI is InChI=1S/C8H4BrClF5N/c9-2-3-1-4(10)16-6(8(13,14)15)5(3)7(11)12/h1,7H,2H2. The van der Waals surface area contributed by atoms with E-state index < -0.39 is 29.0 Å². The monoisotopic (exact) mass is 323 g/mol. The summed E-state index contributed by atoms with van der Waals surface area (Å²) in [4.78, 5) is 2.91. The number of rotatable bonds is 2. The molecule has 0 amide bonds. The van der Waals surface area contributed by atoms with Crippen LogP contribution in [0.3, 0.4) is 0 Å². The van der Waals surface area contributed by atoms with E-state index in [1.807, 2.05) is 0 Å². The molecule has 1 rings (SSSR count). The van der Waals surface area contributed by atoms with E-state index in [0.717, 1.165) is 6.07 Å². The quantitative estimate of drug-likeness (QED) is 0.440. The van der Waals surface area contributed by atoms with Crippen molar-refractivity contribution in [1.82, 2.24) is 4.98 Å². The Balaban J connectivity index is 3.51. The average Bonchev–Trinajstić information content (AvgIpc) is 2.14. The lowest BCUT2D eigenvalue weighted by Crippen LogP contribution is -2.14. The smallest absolute Gasteiger partial charge is 0.231 e. The van der Waals surface area contributed by atoms with E-state index in [0.29, 0.717) is 0 Å². The number of hydrogen-bond acceptors (Lipinski definition) is 1. The molecule has 0 fully saturated rings. The zero-order valence-electron chi connectivity index (χ0n) is 7.45. The molecule has 1 aromatic heterocycles. The van der Waals surface area contributed by atoms with Crippen LogP contribution in [-0.2, 0) is 11.5 Å². The van der Waals surface area contributed by atoms with Crippen molar-refractivity contribution in [2.45, 2.75) is 17.9 Å². The van der Waals surface area contributed by atoms with Crippen molar-refractivity contribution in [2.75, 3.05) is 0 Å². The summed E-state index contributed by atoms with van der Waals surface area (Å²) >= 11 is 8.16. The van der Waals surface area contributed by atoms with Crippen LogP contribution >= 0.6 is 27.5 Å². The molecule has 0 bridgehead atoms. The van der Waals surface area contributed by atoms with Gasteiger partial charge in [0.1, 0.15) is 5.15 Å². The van der Waals surface area contributed by atoms with Crippen molar-refractivity contribution in [2.24, 2.45) is 0 Å². The molecule has 0 radical (unpaired) electrons. The highest BCUT2D eigenvalue weighted by molar-refractivity contribution is 9.08. The molecular formula is C8H4BrClF5N. The summed E-state index contributed by atoms with van der Waals surface area (Å²) in [6, 6.07) is 0.979. The molecule has 0 aliphatic heterocycles. The summed E-state index contributed by atoms with van der Waals surface area (Å²) in [7, 11) is 0. The Hall–Kier alpha value is -0.430. The third kappa shape index (κ3) is 2.82. The number of nitrogens with zero attached hydrogens (tertiary/aromatic N) is 1. The zero-order chi connectivity index (χ0) is 12.5. The van der Waals surface area contributed by atoms with Gasteiger partial charge in [0, 0.05) is 5.33 Å².